The molecule has 0 fully saturated rings. The van der Waals surface area contributed by atoms with Crippen molar-refractivity contribution in [3.8, 4) is 10.7 Å². The molecule has 0 atom stereocenters. The van der Waals surface area contributed by atoms with Crippen LogP contribution in [0.5, 0.6) is 0 Å². The van der Waals surface area contributed by atoms with Crippen molar-refractivity contribution in [2.45, 2.75) is 26.7 Å². The van der Waals surface area contributed by atoms with E-state index in [9.17, 15) is 9.18 Å². The molecule has 0 saturated heterocycles. The monoisotopic (exact) mass is 276 g/mol. The first-order valence-corrected chi connectivity index (χ1v) is 6.97. The minimum atomic E-state index is -0.490. The lowest BCUT2D eigenvalue weighted by atomic mass is 9.75. The molecule has 3 rings (SSSR count). The number of thiazole rings is 1. The third-order valence-corrected chi connectivity index (χ3v) is 4.09. The molecule has 3 nitrogen and oxygen atoms in total. The summed E-state index contributed by atoms with van der Waals surface area (Å²) in [5.41, 5.74) is 2.07. The molecule has 98 valence electrons. The van der Waals surface area contributed by atoms with Gasteiger partial charge < -0.3 is 0 Å². The van der Waals surface area contributed by atoms with Gasteiger partial charge in [-0.05, 0) is 24.0 Å². The Labute approximate surface area is 114 Å². The van der Waals surface area contributed by atoms with Gasteiger partial charge in [0.1, 0.15) is 5.01 Å². The van der Waals surface area contributed by atoms with Crippen molar-refractivity contribution in [2.75, 3.05) is 0 Å². The van der Waals surface area contributed by atoms with E-state index in [4.69, 9.17) is 0 Å². The van der Waals surface area contributed by atoms with Gasteiger partial charge >= 0.3 is 0 Å². The van der Waals surface area contributed by atoms with E-state index in [0.29, 0.717) is 22.7 Å². The molecule has 2 aromatic rings. The standard InChI is InChI=1S/C14H13FN2OS/c1-14(2)5-10-8(11(18)6-14)3-4-9(16-10)13-17-12(15)7-19-13/h3-4,7H,5-6H2,1-2H3. The first-order chi connectivity index (χ1) is 8.94. The summed E-state index contributed by atoms with van der Waals surface area (Å²) in [4.78, 5) is 20.3. The number of ketones is 1. The second-order valence-corrected chi connectivity index (χ2v) is 6.47. The lowest BCUT2D eigenvalue weighted by Gasteiger charge is -2.29. The van der Waals surface area contributed by atoms with Gasteiger partial charge in [-0.1, -0.05) is 13.8 Å². The molecule has 2 heterocycles. The second kappa shape index (κ2) is 4.20. The van der Waals surface area contributed by atoms with E-state index >= 15 is 0 Å². The number of carbonyl (C=O) groups excluding carboxylic acids is 1. The van der Waals surface area contributed by atoms with Crippen LogP contribution < -0.4 is 0 Å². The molecular weight excluding hydrogens is 263 g/mol. The molecule has 1 aliphatic rings. The minimum Gasteiger partial charge on any atom is -0.294 e. The van der Waals surface area contributed by atoms with Gasteiger partial charge in [-0.15, -0.1) is 11.3 Å². The molecule has 1 aliphatic carbocycles. The van der Waals surface area contributed by atoms with Crippen LogP contribution in [0.2, 0.25) is 0 Å². The third kappa shape index (κ3) is 2.30. The zero-order chi connectivity index (χ0) is 13.6. The predicted molar refractivity (Wildman–Crippen MR) is 71.7 cm³/mol. The van der Waals surface area contributed by atoms with Crippen molar-refractivity contribution in [3.05, 3.63) is 34.7 Å². The first kappa shape index (κ1) is 12.4. The summed E-state index contributed by atoms with van der Waals surface area (Å²) in [7, 11) is 0. The van der Waals surface area contributed by atoms with Crippen LogP contribution in [0.15, 0.2) is 17.5 Å². The third-order valence-electron chi connectivity index (χ3n) is 3.25. The number of halogens is 1. The van der Waals surface area contributed by atoms with Crippen molar-refractivity contribution in [3.63, 3.8) is 0 Å². The summed E-state index contributed by atoms with van der Waals surface area (Å²) >= 11 is 1.22. The number of Topliss-reactive ketones (excluding diaryl/α,β-unsaturated/α-hetero) is 1. The highest BCUT2D eigenvalue weighted by atomic mass is 32.1. The van der Waals surface area contributed by atoms with Gasteiger partial charge in [0, 0.05) is 17.4 Å². The fourth-order valence-corrected chi connectivity index (χ4v) is 3.06. The van der Waals surface area contributed by atoms with Gasteiger partial charge in [0.15, 0.2) is 5.78 Å². The maximum atomic E-state index is 13.0. The topological polar surface area (TPSA) is 42.9 Å². The molecule has 0 bridgehead atoms. The number of carbonyl (C=O) groups is 1. The molecule has 19 heavy (non-hydrogen) atoms. The van der Waals surface area contributed by atoms with E-state index in [0.717, 1.165) is 12.1 Å². The summed E-state index contributed by atoms with van der Waals surface area (Å²) < 4.78 is 13.0. The number of hydrogen-bond acceptors (Lipinski definition) is 4. The molecule has 0 unspecified atom stereocenters. The van der Waals surface area contributed by atoms with Crippen LogP contribution in [0, 0.1) is 11.4 Å². The summed E-state index contributed by atoms with van der Waals surface area (Å²) in [6, 6.07) is 3.53. The van der Waals surface area contributed by atoms with Crippen LogP contribution in [0.1, 0.15) is 36.3 Å². The van der Waals surface area contributed by atoms with E-state index in [1.165, 1.54) is 16.7 Å². The Kier molecular flexibility index (Phi) is 2.74. The Morgan fingerprint density at radius 3 is 2.74 bits per heavy atom. The Hall–Kier alpha value is -1.62. The lowest BCUT2D eigenvalue weighted by molar-refractivity contribution is 0.0910. The maximum absolute atomic E-state index is 13.0. The van der Waals surface area contributed by atoms with Crippen LogP contribution in [0.4, 0.5) is 4.39 Å². The molecule has 0 saturated carbocycles. The number of nitrogens with zero attached hydrogens (tertiary/aromatic N) is 2. The number of rotatable bonds is 1. The van der Waals surface area contributed by atoms with E-state index in [1.807, 2.05) is 0 Å². The molecule has 0 aliphatic heterocycles. The quantitative estimate of drug-likeness (QED) is 0.800. The summed E-state index contributed by atoms with van der Waals surface area (Å²) in [5.74, 6) is -0.355. The summed E-state index contributed by atoms with van der Waals surface area (Å²) in [6.45, 7) is 4.12. The fraction of sp³-hybridized carbons (Fsp3) is 0.357. The van der Waals surface area contributed by atoms with Gasteiger partial charge in [0.05, 0.1) is 11.4 Å². The normalized spacial score (nSPS) is 17.3. The van der Waals surface area contributed by atoms with Crippen molar-refractivity contribution >= 4 is 17.1 Å². The first-order valence-electron chi connectivity index (χ1n) is 6.09. The minimum absolute atomic E-state index is 0.0656. The molecule has 5 heteroatoms. The lowest BCUT2D eigenvalue weighted by Crippen LogP contribution is -2.27. The molecular formula is C14H13FN2OS. The van der Waals surface area contributed by atoms with Crippen molar-refractivity contribution in [2.24, 2.45) is 5.41 Å². The Bertz CT molecular complexity index is 663. The molecule has 2 aromatic heterocycles. The van der Waals surface area contributed by atoms with E-state index in [-0.39, 0.29) is 11.2 Å². The van der Waals surface area contributed by atoms with Gasteiger partial charge in [-0.25, -0.2) is 9.97 Å². The number of fused-ring (bicyclic) bond motifs is 1. The Balaban J connectivity index is 2.06. The molecule has 0 aromatic carbocycles. The van der Waals surface area contributed by atoms with E-state index in [1.54, 1.807) is 12.1 Å². The van der Waals surface area contributed by atoms with Gasteiger partial charge in [-0.3, -0.25) is 4.79 Å². The van der Waals surface area contributed by atoms with Crippen LogP contribution in [0.25, 0.3) is 10.7 Å². The van der Waals surface area contributed by atoms with Gasteiger partial charge in [-0.2, -0.15) is 4.39 Å². The van der Waals surface area contributed by atoms with Gasteiger partial charge in [0.2, 0.25) is 5.95 Å². The van der Waals surface area contributed by atoms with Crippen molar-refractivity contribution < 1.29 is 9.18 Å². The van der Waals surface area contributed by atoms with E-state index in [2.05, 4.69) is 23.8 Å². The number of hydrogen-bond donors (Lipinski definition) is 0. The smallest absolute Gasteiger partial charge is 0.224 e. The largest absolute Gasteiger partial charge is 0.294 e. The predicted octanol–water partition coefficient (Wildman–Crippen LogP) is 3.50. The summed E-state index contributed by atoms with van der Waals surface area (Å²) in [6.07, 6.45) is 1.31. The zero-order valence-electron chi connectivity index (χ0n) is 10.7. The average molecular weight is 276 g/mol. The number of aromatic nitrogens is 2. The van der Waals surface area contributed by atoms with Crippen LogP contribution in [-0.2, 0) is 6.42 Å². The molecule has 0 amide bonds. The number of pyridine rings is 1. The second-order valence-electron chi connectivity index (χ2n) is 5.61. The highest BCUT2D eigenvalue weighted by Crippen LogP contribution is 2.35. The molecule has 0 radical (unpaired) electrons. The fourth-order valence-electron chi connectivity index (χ4n) is 2.43. The van der Waals surface area contributed by atoms with Crippen LogP contribution in [-0.4, -0.2) is 15.8 Å². The average Bonchev–Trinajstić information content (AvgIpc) is 2.73. The highest BCUT2D eigenvalue weighted by molar-refractivity contribution is 7.13. The summed E-state index contributed by atoms with van der Waals surface area (Å²) in [5, 5.41) is 1.90. The maximum Gasteiger partial charge on any atom is 0.224 e. The van der Waals surface area contributed by atoms with Crippen LogP contribution in [0.3, 0.4) is 0 Å². The zero-order valence-corrected chi connectivity index (χ0v) is 11.6. The SMILES string of the molecule is CC1(C)CC(=O)c2ccc(-c3nc(F)cs3)nc2C1. The van der Waals surface area contributed by atoms with Crippen LogP contribution >= 0.6 is 11.3 Å². The van der Waals surface area contributed by atoms with Gasteiger partial charge in [0.25, 0.3) is 0 Å². The Morgan fingerprint density at radius 1 is 1.26 bits per heavy atom. The molecule has 0 N–H and O–H groups in total. The van der Waals surface area contributed by atoms with E-state index < -0.39 is 5.95 Å². The highest BCUT2D eigenvalue weighted by Gasteiger charge is 2.32. The Morgan fingerprint density at radius 2 is 2.05 bits per heavy atom. The molecule has 0 spiro atoms. The van der Waals surface area contributed by atoms with Crippen molar-refractivity contribution in [1.82, 2.24) is 9.97 Å². The van der Waals surface area contributed by atoms with Crippen molar-refractivity contribution in [1.29, 1.82) is 0 Å².